The number of nitrogens with zero attached hydrogens (tertiary/aromatic N) is 1. The molecule has 71 heavy (non-hydrogen) atoms. The number of likely N-dealkylation sites (N-methyl/N-ethyl adjacent to an activating group) is 1. The van der Waals surface area contributed by atoms with Gasteiger partial charge in [-0.25, -0.2) is 0 Å². The van der Waals surface area contributed by atoms with Crippen LogP contribution in [-0.2, 0) is 32.7 Å². The van der Waals surface area contributed by atoms with Gasteiger partial charge in [0, 0.05) is 12.8 Å². The summed E-state index contributed by atoms with van der Waals surface area (Å²) < 4.78 is 34.1. The van der Waals surface area contributed by atoms with Gasteiger partial charge >= 0.3 is 11.9 Å². The number of unbranched alkanes of at least 4 members (excludes halogenated alkanes) is 21. The minimum atomic E-state index is -4.65. The Hall–Kier alpha value is -3.07. The molecule has 0 amide bonds. The van der Waals surface area contributed by atoms with E-state index in [-0.39, 0.29) is 26.1 Å². The van der Waals surface area contributed by atoms with Gasteiger partial charge in [-0.15, -0.1) is 0 Å². The van der Waals surface area contributed by atoms with Gasteiger partial charge < -0.3 is 27.9 Å². The summed E-state index contributed by atoms with van der Waals surface area (Å²) in [5.74, 6) is -0.862. The SMILES string of the molecule is CC/C=C\C/C=C\C/C=C\C/C=C\C/C=C\C/C=C\C/C=C\C/C=C\CCCCCCC(=O)OC(COC(=O)CCCCCCCCCCCCCCCCCCCC)COP(=O)([O-])OCC[N+](C)(C)C. The first kappa shape index (κ1) is 67.9. The zero-order chi connectivity index (χ0) is 52.0. The molecule has 2 atom stereocenters. The second-order valence-corrected chi connectivity index (χ2v) is 21.3. The second kappa shape index (κ2) is 51.8. The van der Waals surface area contributed by atoms with E-state index >= 15 is 0 Å². The first-order valence-corrected chi connectivity index (χ1v) is 29.9. The number of carbonyl (C=O) groups is 2. The standard InChI is InChI=1S/C61H106NO8P/c1-6-8-10-12-14-16-18-20-22-24-26-27-28-29-30-31-32-33-34-35-36-38-40-42-44-46-48-50-52-54-61(64)70-59(58-69-71(65,66)68-56-55-62(3,4)5)57-67-60(63)53-51-49-47-45-43-41-39-37-25-23-21-19-17-15-13-11-9-7-2/h8,10,14,16,20,22,26-27,29-30,32-33,35-36,40,42,59H,6-7,9,11-13,15,17-19,21,23-25,28,31,34,37-39,41,43-58H2,1-5H3/b10-8-,16-14-,22-20-,27-26-,30-29-,33-32-,36-35-,42-40-. The summed E-state index contributed by atoms with van der Waals surface area (Å²) in [6.45, 7) is 4.10. The first-order chi connectivity index (χ1) is 34.5. The number of ether oxygens (including phenoxy) is 2. The third kappa shape index (κ3) is 56.1. The molecule has 2 unspecified atom stereocenters. The lowest BCUT2D eigenvalue weighted by atomic mass is 10.0. The van der Waals surface area contributed by atoms with Gasteiger partial charge in [-0.2, -0.15) is 0 Å². The molecule has 10 heteroatoms. The number of hydrogen-bond donors (Lipinski definition) is 0. The molecule has 0 spiro atoms. The third-order valence-corrected chi connectivity index (χ3v) is 12.8. The van der Waals surface area contributed by atoms with Gasteiger partial charge in [0.1, 0.15) is 19.8 Å². The maximum Gasteiger partial charge on any atom is 0.306 e. The van der Waals surface area contributed by atoms with Crippen molar-refractivity contribution in [1.82, 2.24) is 0 Å². The van der Waals surface area contributed by atoms with Crippen molar-refractivity contribution in [3.8, 4) is 0 Å². The van der Waals surface area contributed by atoms with E-state index in [9.17, 15) is 19.0 Å². The van der Waals surface area contributed by atoms with Crippen LogP contribution >= 0.6 is 7.82 Å². The van der Waals surface area contributed by atoms with Gasteiger partial charge in [-0.1, -0.05) is 233 Å². The van der Waals surface area contributed by atoms with Crippen molar-refractivity contribution in [1.29, 1.82) is 0 Å². The van der Waals surface area contributed by atoms with Crippen LogP contribution in [0.15, 0.2) is 97.2 Å². The Bertz CT molecular complexity index is 1520. The second-order valence-electron chi connectivity index (χ2n) is 19.9. The Labute approximate surface area is 436 Å². The number of allylic oxidation sites excluding steroid dienone is 16. The zero-order valence-corrected chi connectivity index (χ0v) is 47.0. The van der Waals surface area contributed by atoms with E-state index in [4.69, 9.17) is 18.5 Å². The Morgan fingerprint density at radius 3 is 1.20 bits per heavy atom. The van der Waals surface area contributed by atoms with Gasteiger partial charge in [0.2, 0.25) is 0 Å². The van der Waals surface area contributed by atoms with E-state index in [1.807, 2.05) is 21.1 Å². The molecule has 0 aromatic rings. The van der Waals surface area contributed by atoms with Crippen molar-refractivity contribution in [3.05, 3.63) is 97.2 Å². The Kier molecular flexibility index (Phi) is 49.6. The average molecular weight is 1010 g/mol. The molecule has 0 aliphatic rings. The van der Waals surface area contributed by atoms with Crippen molar-refractivity contribution >= 4 is 19.8 Å². The van der Waals surface area contributed by atoms with Crippen molar-refractivity contribution in [2.45, 2.75) is 232 Å². The van der Waals surface area contributed by atoms with E-state index < -0.39 is 32.5 Å². The number of rotatable bonds is 51. The molecule has 0 bridgehead atoms. The van der Waals surface area contributed by atoms with E-state index in [1.165, 1.54) is 96.3 Å². The Morgan fingerprint density at radius 2 is 0.803 bits per heavy atom. The lowest BCUT2D eigenvalue weighted by molar-refractivity contribution is -0.870. The predicted molar refractivity (Wildman–Crippen MR) is 300 cm³/mol. The number of esters is 2. The summed E-state index contributed by atoms with van der Waals surface area (Å²) in [5, 5.41) is 0. The maximum absolute atomic E-state index is 12.8. The highest BCUT2D eigenvalue weighted by Crippen LogP contribution is 2.38. The molecule has 0 aliphatic heterocycles. The molecule has 0 saturated heterocycles. The quantitative estimate of drug-likeness (QED) is 0.0195. The van der Waals surface area contributed by atoms with Crippen molar-refractivity contribution < 1.29 is 42.1 Å². The normalized spacial score (nSPS) is 14.1. The smallest absolute Gasteiger partial charge is 0.306 e. The van der Waals surface area contributed by atoms with Crippen LogP contribution in [0, 0.1) is 0 Å². The summed E-state index contributed by atoms with van der Waals surface area (Å²) in [4.78, 5) is 37.8. The topological polar surface area (TPSA) is 111 Å². The van der Waals surface area contributed by atoms with Crippen LogP contribution in [0.1, 0.15) is 226 Å². The fraction of sp³-hybridized carbons (Fsp3) is 0.705. The van der Waals surface area contributed by atoms with Gasteiger partial charge in [-0.05, 0) is 77.0 Å². The van der Waals surface area contributed by atoms with Gasteiger partial charge in [-0.3, -0.25) is 14.2 Å². The molecule has 0 aromatic carbocycles. The van der Waals surface area contributed by atoms with E-state index in [2.05, 4.69) is 111 Å². The number of phosphoric acid groups is 1. The molecule has 0 aromatic heterocycles. The molecule has 0 N–H and O–H groups in total. The fourth-order valence-corrected chi connectivity index (χ4v) is 8.22. The summed E-state index contributed by atoms with van der Waals surface area (Å²) >= 11 is 0. The Balaban J connectivity index is 4.27. The number of hydrogen-bond acceptors (Lipinski definition) is 8. The summed E-state index contributed by atoms with van der Waals surface area (Å²) in [6.07, 6.45) is 70.2. The zero-order valence-electron chi connectivity index (χ0n) is 46.1. The largest absolute Gasteiger partial charge is 0.756 e. The highest BCUT2D eigenvalue weighted by Gasteiger charge is 2.21. The van der Waals surface area contributed by atoms with Crippen molar-refractivity contribution in [2.24, 2.45) is 0 Å². The van der Waals surface area contributed by atoms with Crippen LogP contribution < -0.4 is 4.89 Å². The molecule has 408 valence electrons. The molecule has 0 fully saturated rings. The number of quaternary nitrogens is 1. The highest BCUT2D eigenvalue weighted by molar-refractivity contribution is 7.45. The van der Waals surface area contributed by atoms with Crippen LogP contribution in [0.25, 0.3) is 0 Å². The molecule has 0 rings (SSSR count). The molecular formula is C61H106NO8P. The molecule has 0 heterocycles. The summed E-state index contributed by atoms with van der Waals surface area (Å²) in [5.41, 5.74) is 0. The fourth-order valence-electron chi connectivity index (χ4n) is 7.49. The maximum atomic E-state index is 12.8. The Morgan fingerprint density at radius 1 is 0.451 bits per heavy atom. The molecular weight excluding hydrogens is 906 g/mol. The molecule has 0 radical (unpaired) electrons. The van der Waals surface area contributed by atoms with Gasteiger partial charge in [0.25, 0.3) is 7.82 Å². The summed E-state index contributed by atoms with van der Waals surface area (Å²) in [6, 6.07) is 0. The van der Waals surface area contributed by atoms with Gasteiger partial charge in [0.05, 0.1) is 27.7 Å². The minimum Gasteiger partial charge on any atom is -0.756 e. The van der Waals surface area contributed by atoms with E-state index in [1.54, 1.807) is 0 Å². The van der Waals surface area contributed by atoms with Crippen LogP contribution in [0.3, 0.4) is 0 Å². The van der Waals surface area contributed by atoms with Crippen molar-refractivity contribution in [3.63, 3.8) is 0 Å². The third-order valence-electron chi connectivity index (χ3n) is 11.9. The highest BCUT2D eigenvalue weighted by atomic mass is 31.2. The number of phosphoric ester groups is 1. The predicted octanol–water partition coefficient (Wildman–Crippen LogP) is 17.0. The van der Waals surface area contributed by atoms with Gasteiger partial charge in [0.15, 0.2) is 6.10 Å². The average Bonchev–Trinajstić information content (AvgIpc) is 3.33. The molecule has 9 nitrogen and oxygen atoms in total. The lowest BCUT2D eigenvalue weighted by Gasteiger charge is -2.28. The summed E-state index contributed by atoms with van der Waals surface area (Å²) in [7, 11) is 1.14. The van der Waals surface area contributed by atoms with Crippen LogP contribution in [0.2, 0.25) is 0 Å². The van der Waals surface area contributed by atoms with Crippen LogP contribution in [0.4, 0.5) is 0 Å². The number of carbonyl (C=O) groups excluding carboxylic acids is 2. The van der Waals surface area contributed by atoms with E-state index in [0.717, 1.165) is 96.3 Å². The minimum absolute atomic E-state index is 0.0400. The lowest BCUT2D eigenvalue weighted by Crippen LogP contribution is -2.37. The first-order valence-electron chi connectivity index (χ1n) is 28.4. The van der Waals surface area contributed by atoms with Crippen LogP contribution in [0.5, 0.6) is 0 Å². The van der Waals surface area contributed by atoms with Crippen LogP contribution in [-0.4, -0.2) is 70.0 Å². The van der Waals surface area contributed by atoms with Crippen molar-refractivity contribution in [2.75, 3.05) is 47.5 Å². The molecule has 0 saturated carbocycles. The molecule has 0 aliphatic carbocycles. The monoisotopic (exact) mass is 1010 g/mol. The van der Waals surface area contributed by atoms with E-state index in [0.29, 0.717) is 17.4 Å².